The topological polar surface area (TPSA) is 75.3 Å². The van der Waals surface area contributed by atoms with Gasteiger partial charge in [-0.3, -0.25) is 0 Å². The molecule has 2 bridgehead atoms. The second kappa shape index (κ2) is 34.8. The normalized spacial score (nSPS) is 16.2. The van der Waals surface area contributed by atoms with Crippen LogP contribution < -0.4 is 10.4 Å². The Morgan fingerprint density at radius 1 is 0.470 bits per heavy atom. The summed E-state index contributed by atoms with van der Waals surface area (Å²) in [4.78, 5) is 19.0. The number of rotatable bonds is 15. The maximum absolute atomic E-state index is 9.15. The molecule has 0 saturated heterocycles. The van der Waals surface area contributed by atoms with Gasteiger partial charge in [-0.15, -0.1) is 137 Å². The molecule has 2 unspecified atom stereocenters. The van der Waals surface area contributed by atoms with Crippen LogP contribution in [0, 0.1) is 65.2 Å². The van der Waals surface area contributed by atoms with Gasteiger partial charge in [0.15, 0.2) is 0 Å². The average Bonchev–Trinajstić information content (AvgIpc) is 1.48. The molecule has 0 aliphatic heterocycles. The first-order valence-corrected chi connectivity index (χ1v) is 43.1. The molecule has 2 radical (unpaired) electrons. The zero-order chi connectivity index (χ0) is 68.2. The Labute approximate surface area is 627 Å². The molecule has 4 saturated carbocycles. The van der Waals surface area contributed by atoms with Crippen molar-refractivity contribution in [2.24, 2.45) is 29.6 Å². The first-order valence-electron chi connectivity index (χ1n) is 36.1. The molecule has 100 heavy (non-hydrogen) atoms. The Morgan fingerprint density at radius 3 is 1.53 bits per heavy atom. The summed E-state index contributed by atoms with van der Waals surface area (Å²) in [5, 5.41) is 12.2. The van der Waals surface area contributed by atoms with Gasteiger partial charge in [0.25, 0.3) is 0 Å². The number of fused-ring (bicyclic) bond motifs is 2. The third kappa shape index (κ3) is 18.9. The number of nitriles is 1. The van der Waals surface area contributed by atoms with Crippen LogP contribution >= 0.6 is 0 Å². The van der Waals surface area contributed by atoms with Gasteiger partial charge in [-0.2, -0.15) is 5.26 Å². The molecule has 4 heterocycles. The summed E-state index contributed by atoms with van der Waals surface area (Å²) in [5.41, 5.74) is 23.2. The third-order valence-corrected chi connectivity index (χ3v) is 24.8. The molecule has 514 valence electrons. The second-order valence-electron chi connectivity index (χ2n) is 30.3. The fourth-order valence-electron chi connectivity index (χ4n) is 15.4. The molecule has 5 aliphatic carbocycles. The molecule has 11 aromatic rings. The first kappa shape index (κ1) is 75.0. The molecule has 2 atom stereocenters. The van der Waals surface area contributed by atoms with E-state index in [-0.39, 0.29) is 40.2 Å². The monoisotopic (exact) mass is 1700 g/mol. The predicted octanol–water partition coefficient (Wildman–Crippen LogP) is 22.1. The van der Waals surface area contributed by atoms with Crippen molar-refractivity contribution < 1.29 is 40.2 Å². The van der Waals surface area contributed by atoms with Crippen LogP contribution in [0.1, 0.15) is 118 Å². The summed E-state index contributed by atoms with van der Waals surface area (Å²) in [5.74, 6) is 5.08. The summed E-state index contributed by atoms with van der Waals surface area (Å²) in [6, 6.07) is 81.9. The van der Waals surface area contributed by atoms with Crippen LogP contribution in [0.5, 0.6) is 0 Å². The Kier molecular flexibility index (Phi) is 26.1. The van der Waals surface area contributed by atoms with E-state index in [0.717, 1.165) is 97.4 Å². The summed E-state index contributed by atoms with van der Waals surface area (Å²) in [6.45, 7) is 21.6. The molecule has 0 spiro atoms. The molecule has 0 N–H and O–H groups in total. The van der Waals surface area contributed by atoms with Crippen molar-refractivity contribution in [2.45, 2.75) is 149 Å². The van der Waals surface area contributed by atoms with Gasteiger partial charge in [-0.25, -0.2) is 0 Å². The third-order valence-electron chi connectivity index (χ3n) is 20.7. The number of benzene rings is 7. The molecule has 0 amide bonds. The SMILES string of the molecule is CC(C)Cc1cc(-c2[c-]cc3c(c2)CCCC3)ncc1-c1ccccc1.CC(c1cc(-c2[c-]cccc2)ncc1[Si](C)(C)C)C1CCCC1.C[Si](C)(C)c1cnc(-c2[c-]cccc2)cc1CC1CC2CC1C2.N#Cc1cc[c-]c(-c2cc(-c3ccccc3)c(-c3ccccc3)cn2)c1.[Ir].[Ir]. The summed E-state index contributed by atoms with van der Waals surface area (Å²) >= 11 is 0. The van der Waals surface area contributed by atoms with E-state index in [9.17, 15) is 0 Å². The van der Waals surface area contributed by atoms with E-state index in [1.54, 1.807) is 28.4 Å². The van der Waals surface area contributed by atoms with Crippen LogP contribution in [0.3, 0.4) is 0 Å². The second-order valence-corrected chi connectivity index (χ2v) is 40.4. The molecule has 16 rings (SSSR count). The molecule has 7 aromatic carbocycles. The van der Waals surface area contributed by atoms with Crippen LogP contribution in [0.2, 0.25) is 39.3 Å². The van der Waals surface area contributed by atoms with Crippen molar-refractivity contribution in [2.75, 3.05) is 0 Å². The van der Waals surface area contributed by atoms with Gasteiger partial charge in [0.2, 0.25) is 0 Å². The minimum atomic E-state index is -1.39. The van der Waals surface area contributed by atoms with Gasteiger partial charge in [-0.1, -0.05) is 219 Å². The van der Waals surface area contributed by atoms with E-state index >= 15 is 0 Å². The number of pyridine rings is 4. The minimum absolute atomic E-state index is 0. The Morgan fingerprint density at radius 2 is 0.970 bits per heavy atom. The van der Waals surface area contributed by atoms with Crippen LogP contribution in [0.25, 0.3) is 78.4 Å². The van der Waals surface area contributed by atoms with E-state index in [1.807, 2.05) is 72.9 Å². The Balaban J connectivity index is 0.000000143. The molecule has 9 heteroatoms. The molecule has 4 aromatic heterocycles. The fraction of sp³-hybridized carbons (Fsp3) is 0.308. The van der Waals surface area contributed by atoms with Crippen LogP contribution in [-0.4, -0.2) is 36.1 Å². The summed E-state index contributed by atoms with van der Waals surface area (Å²) < 4.78 is 0. The van der Waals surface area contributed by atoms with Gasteiger partial charge in [0.1, 0.15) is 0 Å². The number of nitrogens with zero attached hydrogens (tertiary/aromatic N) is 5. The van der Waals surface area contributed by atoms with E-state index in [0.29, 0.717) is 17.4 Å². The van der Waals surface area contributed by atoms with Crippen LogP contribution in [0.15, 0.2) is 219 Å². The first-order chi connectivity index (χ1) is 47.5. The Hall–Kier alpha value is -7.64. The standard InChI is InChI=1S/C25H26N.C24H15N2.C21H26NSi.C21H28NSi.2Ir/c1-18(2)14-23-16-25(26-17-24(23)20-9-4-3-5-10-20)22-13-12-19-8-6-7-11-21(19)15-22;25-16-18-8-7-13-21(14-18)24-15-22(19-9-3-1-4-10-19)23(17-26-24)20-11-5-2-6-12-20;1-23(2,3)21-14-22-20(16-7-5-4-6-8-16)13-19(21)12-18-11-15-9-17(18)10-15;1-16(17-10-8-9-11-17)19-14-20(18-12-6-5-7-13-18)22-15-21(19)23(2,3)4;;/h3-5,9-10,12,15-18H,6-8,11,14H2,1-2H3;1-12,14-15,17H;4-7,13-15,17-18H,9-12H2,1-3H3;5-7,12,14-17H,8-11H2,1-4H3;;/q4*-1;;. The number of aromatic nitrogens is 4. The fourth-order valence-corrected chi connectivity index (χ4v) is 18.6. The van der Waals surface area contributed by atoms with E-state index in [4.69, 9.17) is 20.2 Å². The van der Waals surface area contributed by atoms with Crippen molar-refractivity contribution in [1.29, 1.82) is 5.26 Å². The van der Waals surface area contributed by atoms with Gasteiger partial charge in [0.05, 0.1) is 22.2 Å². The minimum Gasteiger partial charge on any atom is -0.305 e. The van der Waals surface area contributed by atoms with Crippen molar-refractivity contribution >= 4 is 26.5 Å². The van der Waals surface area contributed by atoms with Crippen molar-refractivity contribution in [3.63, 3.8) is 0 Å². The number of hydrogen-bond acceptors (Lipinski definition) is 5. The summed E-state index contributed by atoms with van der Waals surface area (Å²) in [6.07, 6.45) is 25.7. The van der Waals surface area contributed by atoms with Crippen LogP contribution in [-0.2, 0) is 65.9 Å². The average molecular weight is 1700 g/mol. The zero-order valence-corrected chi connectivity index (χ0v) is 66.6. The van der Waals surface area contributed by atoms with E-state index in [2.05, 4.69) is 229 Å². The predicted molar refractivity (Wildman–Crippen MR) is 415 cm³/mol. The largest absolute Gasteiger partial charge is 0.305 e. The van der Waals surface area contributed by atoms with Gasteiger partial charge in [-0.05, 0) is 153 Å². The zero-order valence-electron chi connectivity index (χ0n) is 59.8. The van der Waals surface area contributed by atoms with Crippen molar-refractivity contribution in [1.82, 2.24) is 19.9 Å². The molecule has 4 fully saturated rings. The van der Waals surface area contributed by atoms with E-state index in [1.165, 1.54) is 110 Å². The van der Waals surface area contributed by atoms with Gasteiger partial charge in [0, 0.05) is 76.1 Å². The smallest absolute Gasteiger partial charge is 0.0799 e. The molecule has 5 aliphatic rings. The van der Waals surface area contributed by atoms with Gasteiger partial charge < -0.3 is 19.9 Å². The van der Waals surface area contributed by atoms with Crippen molar-refractivity contribution in [3.8, 4) is 84.5 Å². The van der Waals surface area contributed by atoms with Crippen molar-refractivity contribution in [3.05, 3.63) is 277 Å². The number of hydrogen-bond donors (Lipinski definition) is 0. The molecule has 5 nitrogen and oxygen atoms in total. The molecular formula is C91H95Ir2N5Si2-4. The summed E-state index contributed by atoms with van der Waals surface area (Å²) in [7, 11) is -2.74. The maximum atomic E-state index is 9.15. The number of aryl methyl sites for hydroxylation is 2. The maximum Gasteiger partial charge on any atom is 0.0799 e. The van der Waals surface area contributed by atoms with Crippen LogP contribution in [0.4, 0.5) is 0 Å². The van der Waals surface area contributed by atoms with Gasteiger partial charge >= 0.3 is 0 Å². The quantitative estimate of drug-likeness (QED) is 0.0755. The molecular weight excluding hydrogens is 1600 g/mol. The Bertz CT molecular complexity index is 4480. The van der Waals surface area contributed by atoms with E-state index < -0.39 is 16.1 Å².